The maximum Gasteiger partial charge on any atom is 0.355 e. The molecule has 0 amide bonds. The Morgan fingerprint density at radius 3 is 1.31 bits per heavy atom. The predicted octanol–water partition coefficient (Wildman–Crippen LogP) is 9.87. The van der Waals surface area contributed by atoms with Gasteiger partial charge in [-0.2, -0.15) is 0 Å². The van der Waals surface area contributed by atoms with Gasteiger partial charge in [-0.25, -0.2) is 43.5 Å². The molecule has 0 saturated carbocycles. The second kappa shape index (κ2) is 52.7. The van der Waals surface area contributed by atoms with E-state index in [0.717, 1.165) is 17.8 Å². The fraction of sp³-hybridized carbons (Fsp3) is 0.430. The summed E-state index contributed by atoms with van der Waals surface area (Å²) in [6, 6.07) is 38.0. The zero-order chi connectivity index (χ0) is 103. The summed E-state index contributed by atoms with van der Waals surface area (Å²) in [4.78, 5) is 64.8. The molecule has 4 saturated heterocycles. The molecular weight excluding hydrogens is 2210 g/mol. The molecule has 8 aromatic heterocycles. The Hall–Kier alpha value is -8.93. The fourth-order valence-corrected chi connectivity index (χ4v) is 24.4. The van der Waals surface area contributed by atoms with Gasteiger partial charge in [0, 0.05) is 28.3 Å². The number of rotatable bonds is 32. The summed E-state index contributed by atoms with van der Waals surface area (Å²) in [6.45, 7) is 1.83. The average Bonchev–Trinajstić information content (AvgIpc) is 1.62. The van der Waals surface area contributed by atoms with Crippen LogP contribution in [0.25, 0.3) is 44.7 Å². The van der Waals surface area contributed by atoms with Crippen molar-refractivity contribution in [2.45, 2.75) is 121 Å². The number of ether oxygens (including phenoxy) is 9. The van der Waals surface area contributed by atoms with Gasteiger partial charge in [0.25, 0.3) is 0 Å². The van der Waals surface area contributed by atoms with Crippen LogP contribution >= 0.6 is 34.4 Å². The Kier molecular flexibility index (Phi) is 40.3. The molecule has 18 rings (SSSR count). The molecule has 0 aliphatic carbocycles. The number of imidazole rings is 4. The number of anilines is 4. The second-order valence-electron chi connectivity index (χ2n) is 30.5. The third kappa shape index (κ3) is 28.4. The Balaban J connectivity index is 0.000000154. The van der Waals surface area contributed by atoms with E-state index in [-0.39, 0.29) is 98.9 Å². The number of hydrogen-bond donors (Lipinski definition) is 3. The van der Waals surface area contributed by atoms with Gasteiger partial charge in [-0.05, 0) is 12.2 Å². The molecule has 14 heterocycles. The van der Waals surface area contributed by atoms with E-state index in [2.05, 4.69) is 68.9 Å². The Labute approximate surface area is 839 Å². The standard InChI is InChI=1S/C22H29FN5O5PSe.C17H17ClFN5OSe.C13H18FO5PSe.C11H12FN5O.C10H10FN5O4.C7H13O5P.C6H5FSe/c1-5-31-34(29,32-6-2)14-30-22-18(35-15-10-8-7-9-11-15)16(23)21(33-22)28-13-26-17-19(27(3)4)24-12-25-20(17)28;1-23(2)15-12-16(21-8-20-15)24(9-22-12)17-11(19)13(14(18)25-17)26-10-6-4-3-5-7-10;1-16-20(15,17-2)9-19-13-12(11(14)8-18-13)21-10-6-4-3-5-7-10;1-16(2)9-8-10(14-5-13-9)17(6-15-8)11-7(12)3-4-18-11;11-3-5(17)6(10(18)19)20-9(3)16-2-15-4-7(12)13-1-14-8(4)16;1-9-13(8,10-2)6-12-7-4-3-5-11-7;7-8-6-4-2-1-3-5-6/h7-13,16,18,21-22H,5-6,14H2,1-4H3;3-9,11,13-14,17H,1-2H3;3-7,11-13H,8-9H2,1-2H3;3-7,11H,1-2H3;1-3,5-6,9,17H,(H,18,19)(H2,12,13,14);3-4,7H,5-6H2,1-2H3;1-5H/t16-,18+,21+,22-;11-,13-,14-,17+;11-,12+,13-;7-,11+;3-,5-,6-,9+;7-;/m001001./s1/i;;8T;;;5T;/t;;8-,11+,12-,13+;;;5-,7+;/m..0..0.. The zero-order valence-corrected chi connectivity index (χ0v) is 87.7. The minimum absolute atomic E-state index is 0.109. The number of fused-ring (bicyclic) bond motifs is 4. The summed E-state index contributed by atoms with van der Waals surface area (Å²) in [5.74, 6) is 0.655. The van der Waals surface area contributed by atoms with Gasteiger partial charge < -0.3 is 48.8 Å². The van der Waals surface area contributed by atoms with E-state index in [4.69, 9.17) is 85.9 Å². The van der Waals surface area contributed by atoms with E-state index in [1.807, 2.05) is 166 Å². The molecule has 41 nitrogen and oxygen atoms in total. The number of carboxylic acid groups (broad SMARTS) is 1. The van der Waals surface area contributed by atoms with E-state index in [1.165, 1.54) is 95.7 Å². The smallest absolute Gasteiger partial charge is 0.345 e. The van der Waals surface area contributed by atoms with Gasteiger partial charge in [-0.1, -0.05) is 6.08 Å². The number of aliphatic carboxylic acids is 1. The molecule has 0 bridgehead atoms. The van der Waals surface area contributed by atoms with E-state index in [9.17, 15) is 40.3 Å². The monoisotopic (exact) mass is 2320 g/mol. The number of aliphatic hydroxyl groups excluding tert-OH is 1. The number of nitrogen functional groups attached to an aromatic ring is 1. The summed E-state index contributed by atoms with van der Waals surface area (Å²) < 4.78 is 224. The van der Waals surface area contributed by atoms with E-state index < -0.39 is 159 Å². The summed E-state index contributed by atoms with van der Waals surface area (Å²) in [7, 11) is 6.24. The van der Waals surface area contributed by atoms with Crippen molar-refractivity contribution in [2.75, 3.05) is 137 Å². The summed E-state index contributed by atoms with van der Waals surface area (Å²) >= 11 is 4.77. The molecule has 55 heteroatoms. The van der Waals surface area contributed by atoms with Crippen LogP contribution in [0.4, 0.5) is 48.8 Å². The van der Waals surface area contributed by atoms with Gasteiger partial charge in [0.1, 0.15) is 30.6 Å². The third-order valence-electron chi connectivity index (χ3n) is 20.5. The van der Waals surface area contributed by atoms with Gasteiger partial charge in [-0.15, -0.1) is 0 Å². The largest absolute Gasteiger partial charge is 0.355 e. The van der Waals surface area contributed by atoms with Crippen LogP contribution in [0.5, 0.6) is 0 Å². The normalized spacial score (nSPS) is 25.2. The number of nitrogens with two attached hydrogens (primary N) is 1. The summed E-state index contributed by atoms with van der Waals surface area (Å²) in [6.07, 6.45) is -0.916. The van der Waals surface area contributed by atoms with Crippen molar-refractivity contribution in [1.82, 2.24) is 78.1 Å². The van der Waals surface area contributed by atoms with Gasteiger partial charge in [0.2, 0.25) is 6.23 Å². The maximum absolute atomic E-state index is 16.0. The van der Waals surface area contributed by atoms with Crippen molar-refractivity contribution >= 4 is 186 Å². The number of benzene rings is 4. The molecule has 4 fully saturated rings. The average molecular weight is 2320 g/mol. The number of carbonyl (C=O) groups is 1. The van der Waals surface area contributed by atoms with E-state index in [1.54, 1.807) is 52.1 Å². The first kappa shape index (κ1) is 108. The van der Waals surface area contributed by atoms with Crippen LogP contribution in [0.2, 0.25) is 14.4 Å². The van der Waals surface area contributed by atoms with Gasteiger partial charge >= 0.3 is 569 Å². The molecule has 12 aromatic rings. The van der Waals surface area contributed by atoms with Crippen LogP contribution < -0.4 is 38.3 Å². The number of alkyl halides is 6. The first-order valence-electron chi connectivity index (χ1n) is 43.8. The number of aromatic nitrogens is 16. The van der Waals surface area contributed by atoms with Gasteiger partial charge in [0.15, 0.2) is 65.8 Å². The van der Waals surface area contributed by atoms with Crippen LogP contribution in [0.3, 0.4) is 0 Å². The molecule has 0 unspecified atom stereocenters. The minimum Gasteiger partial charge on any atom is -0.345 e. The molecule has 141 heavy (non-hydrogen) atoms. The van der Waals surface area contributed by atoms with Crippen LogP contribution in [-0.4, -0.2) is 338 Å². The van der Waals surface area contributed by atoms with Crippen molar-refractivity contribution in [3.63, 3.8) is 0 Å². The van der Waals surface area contributed by atoms with E-state index >= 15 is 8.78 Å². The first-order chi connectivity index (χ1) is 68.6. The number of aliphatic hydroxyl groups is 1. The van der Waals surface area contributed by atoms with Crippen LogP contribution in [0.15, 0.2) is 196 Å². The number of nitrogens with zero attached hydrogens (tertiary/aromatic N) is 19. The van der Waals surface area contributed by atoms with Crippen LogP contribution in [0, 0.1) is 0 Å². The topological polar surface area (TPSA) is 457 Å². The maximum atomic E-state index is 16.0. The van der Waals surface area contributed by atoms with Crippen LogP contribution in [-0.2, 0) is 88.3 Å². The Bertz CT molecular complexity index is 6270. The molecule has 0 radical (unpaired) electrons. The quantitative estimate of drug-likeness (QED) is 0.0116. The third-order valence-corrected chi connectivity index (χ3v) is 35.3. The number of carboxylic acids is 1. The van der Waals surface area contributed by atoms with Gasteiger partial charge in [0.05, 0.1) is 20.5 Å². The van der Waals surface area contributed by atoms with Crippen LogP contribution in [0.1, 0.15) is 41.5 Å². The minimum atomic E-state index is -3.50. The molecule has 0 spiro atoms. The van der Waals surface area contributed by atoms with Crippen molar-refractivity contribution < 1.29 is 127 Å². The molecular formula is C86H104ClF6N20O21P3Se4. The van der Waals surface area contributed by atoms with Crippen molar-refractivity contribution in [2.24, 2.45) is 0 Å². The molecule has 20 atom stereocenters. The number of halogens is 7. The molecule has 6 aliphatic heterocycles. The van der Waals surface area contributed by atoms with Gasteiger partial charge in [-0.3, -0.25) is 13.7 Å². The van der Waals surface area contributed by atoms with E-state index in [0.29, 0.717) is 50.9 Å². The summed E-state index contributed by atoms with van der Waals surface area (Å²) in [5, 5.41) is 18.4. The van der Waals surface area contributed by atoms with Crippen molar-refractivity contribution in [1.29, 1.82) is 0 Å². The predicted molar refractivity (Wildman–Crippen MR) is 514 cm³/mol. The summed E-state index contributed by atoms with van der Waals surface area (Å²) in [5.41, 5.74) is 8.68. The van der Waals surface area contributed by atoms with Crippen molar-refractivity contribution in [3.05, 3.63) is 196 Å². The SMILES string of the molecule is CCOP(=O)(CO[C@H]1O[C@@H](n2cnc3c(N(C)C)ncnc32)[C@@H](F)[C@H]1[Se]c1ccccc1)OCC.CN(C)c1ncnc2c1ncn2[C@@H]1OC=C[C@@H]1F.CN(C)c1ncnc2c1ncn2[C@@H]1O[C@H](Cl)[C@@H]([Se]c2ccccc2)[C@@H]1F.F[Se]c1ccccc1.Nc1ncnc2c1ncn2[C@@H]1O[C@H](C(=O)O)[C@@H](O)[C@@H]1F.[3H][C@@H]1O[C@H](OCP(=O)(OC)OC)[C@@H]([Se]c2ccccc2)[C@@H]1F.[3H][C@H]1C=C[C@@H](OCP(=O)(OC)OC)O1. The Morgan fingerprint density at radius 1 is 0.504 bits per heavy atom. The zero-order valence-electron chi connectivity index (χ0n) is 79.4. The molecule has 762 valence electrons. The fourth-order valence-electron chi connectivity index (χ4n) is 13.7. The second-order valence-corrected chi connectivity index (χ2v) is 46.5. The first-order valence-corrected chi connectivity index (χ1v) is 55.3. The Morgan fingerprint density at radius 2 is 0.901 bits per heavy atom. The molecule has 6 aliphatic rings. The number of hydrogen-bond acceptors (Lipinski definition) is 36. The molecule has 4 aromatic carbocycles. The molecule has 4 N–H and O–H groups in total. The van der Waals surface area contributed by atoms with Crippen molar-refractivity contribution in [3.8, 4) is 0 Å².